The summed E-state index contributed by atoms with van der Waals surface area (Å²) in [5.41, 5.74) is 7.10. The molecule has 0 spiro atoms. The van der Waals surface area contributed by atoms with Crippen LogP contribution in [0, 0.1) is 13.8 Å². The van der Waals surface area contributed by atoms with Crippen molar-refractivity contribution in [3.63, 3.8) is 0 Å². The van der Waals surface area contributed by atoms with Gasteiger partial charge in [-0.25, -0.2) is 4.79 Å². The summed E-state index contributed by atoms with van der Waals surface area (Å²) in [6, 6.07) is 23.7. The number of benzene rings is 3. The minimum atomic E-state index is -0.498. The lowest BCUT2D eigenvalue weighted by molar-refractivity contribution is -0.119. The lowest BCUT2D eigenvalue weighted by Crippen LogP contribution is -2.32. The van der Waals surface area contributed by atoms with Gasteiger partial charge in [-0.15, -0.1) is 0 Å². The van der Waals surface area contributed by atoms with E-state index in [1.165, 1.54) is 5.56 Å². The third-order valence-electron chi connectivity index (χ3n) is 6.42. The molecule has 0 saturated heterocycles. The zero-order valence-electron chi connectivity index (χ0n) is 20.6. The molecule has 1 aromatic heterocycles. The molecule has 0 fully saturated rings. The quantitative estimate of drug-likeness (QED) is 0.385. The number of rotatable bonds is 6. The Morgan fingerprint density at radius 2 is 1.69 bits per heavy atom. The van der Waals surface area contributed by atoms with Crippen LogP contribution in [0.4, 0.5) is 5.69 Å². The highest BCUT2D eigenvalue weighted by Gasteiger charge is 2.27. The summed E-state index contributed by atoms with van der Waals surface area (Å²) in [4.78, 5) is 33.2. The summed E-state index contributed by atoms with van der Waals surface area (Å²) < 4.78 is 5.55. The van der Waals surface area contributed by atoms with Crippen LogP contribution in [0.5, 0.6) is 0 Å². The molecule has 4 aromatic rings. The molecule has 0 unspecified atom stereocenters. The van der Waals surface area contributed by atoms with Gasteiger partial charge in [0.25, 0.3) is 5.91 Å². The molecule has 2 heterocycles. The number of nitrogens with zero attached hydrogens (tertiary/aromatic N) is 2. The molecule has 5 rings (SSSR count). The van der Waals surface area contributed by atoms with E-state index < -0.39 is 5.97 Å². The summed E-state index contributed by atoms with van der Waals surface area (Å²) in [6.45, 7) is 5.84. The van der Waals surface area contributed by atoms with Crippen molar-refractivity contribution in [1.82, 2.24) is 9.88 Å². The van der Waals surface area contributed by atoms with E-state index in [1.54, 1.807) is 0 Å². The van der Waals surface area contributed by atoms with Gasteiger partial charge in [0, 0.05) is 48.4 Å². The van der Waals surface area contributed by atoms with Crippen molar-refractivity contribution in [2.75, 3.05) is 18.5 Å². The summed E-state index contributed by atoms with van der Waals surface area (Å²) in [5.74, 6) is -0.867. The summed E-state index contributed by atoms with van der Waals surface area (Å²) >= 11 is 0. The number of ether oxygens (including phenoxy) is 1. The van der Waals surface area contributed by atoms with Crippen LogP contribution >= 0.6 is 0 Å². The number of carbonyl (C=O) groups is 2. The lowest BCUT2D eigenvalue weighted by Gasteiger charge is -2.30. The normalized spacial score (nSPS) is 13.3. The maximum absolute atomic E-state index is 13.4. The van der Waals surface area contributed by atoms with Gasteiger partial charge in [-0.05, 0) is 48.7 Å². The van der Waals surface area contributed by atoms with E-state index in [1.807, 2.05) is 74.5 Å². The lowest BCUT2D eigenvalue weighted by atomic mass is 9.95. The van der Waals surface area contributed by atoms with E-state index in [9.17, 15) is 9.59 Å². The van der Waals surface area contributed by atoms with Gasteiger partial charge < -0.3 is 10.1 Å². The molecule has 0 radical (unpaired) electrons. The third-order valence-corrected chi connectivity index (χ3v) is 6.42. The topological polar surface area (TPSA) is 71.5 Å². The molecule has 1 N–H and O–H groups in total. The fourth-order valence-electron chi connectivity index (χ4n) is 4.90. The number of fused-ring (bicyclic) bond motifs is 2. The Hall–Kier alpha value is -4.03. The van der Waals surface area contributed by atoms with Crippen molar-refractivity contribution in [2.45, 2.75) is 33.4 Å². The van der Waals surface area contributed by atoms with E-state index in [-0.39, 0.29) is 12.5 Å². The SMILES string of the molecule is Cc1cc(C)cc(NC(=O)COC(=O)c2c3c(nc4ccccc24)CCN(Cc2ccccc2)C3)c1. The average Bonchev–Trinajstić information content (AvgIpc) is 2.86. The molecule has 6 nitrogen and oxygen atoms in total. The van der Waals surface area contributed by atoms with Crippen molar-refractivity contribution in [3.05, 3.63) is 106 Å². The molecular weight excluding hydrogens is 450 g/mol. The Bertz CT molecular complexity index is 1410. The van der Waals surface area contributed by atoms with Gasteiger partial charge in [-0.2, -0.15) is 0 Å². The van der Waals surface area contributed by atoms with Gasteiger partial charge >= 0.3 is 5.97 Å². The highest BCUT2D eigenvalue weighted by atomic mass is 16.5. The summed E-state index contributed by atoms with van der Waals surface area (Å²) in [6.07, 6.45) is 0.750. The number of amides is 1. The van der Waals surface area contributed by atoms with Crippen LogP contribution in [-0.2, 0) is 29.0 Å². The average molecular weight is 480 g/mol. The van der Waals surface area contributed by atoms with Crippen LogP contribution in [0.3, 0.4) is 0 Å². The predicted octanol–water partition coefficient (Wildman–Crippen LogP) is 5.21. The zero-order chi connectivity index (χ0) is 25.1. The first-order valence-electron chi connectivity index (χ1n) is 12.2. The smallest absolute Gasteiger partial charge is 0.339 e. The number of anilines is 1. The first-order valence-corrected chi connectivity index (χ1v) is 12.2. The van der Waals surface area contributed by atoms with Crippen molar-refractivity contribution < 1.29 is 14.3 Å². The number of hydrogen-bond donors (Lipinski definition) is 1. The minimum Gasteiger partial charge on any atom is -0.452 e. The van der Waals surface area contributed by atoms with E-state index in [2.05, 4.69) is 22.3 Å². The Balaban J connectivity index is 1.37. The molecule has 0 saturated carbocycles. The fourth-order valence-corrected chi connectivity index (χ4v) is 4.90. The molecule has 1 aliphatic rings. The summed E-state index contributed by atoms with van der Waals surface area (Å²) in [5, 5.41) is 3.58. The van der Waals surface area contributed by atoms with Crippen LogP contribution in [0.15, 0.2) is 72.8 Å². The molecule has 0 aliphatic carbocycles. The van der Waals surface area contributed by atoms with Gasteiger partial charge in [0.05, 0.1) is 11.1 Å². The van der Waals surface area contributed by atoms with Crippen LogP contribution in [0.2, 0.25) is 0 Å². The standard InChI is InChI=1S/C30H29N3O3/c1-20-14-21(2)16-23(15-20)31-28(34)19-36-30(35)29-24-10-6-7-11-26(24)32-27-12-13-33(18-25(27)29)17-22-8-4-3-5-9-22/h3-11,14-16H,12-13,17-19H2,1-2H3,(H,31,34). The van der Waals surface area contributed by atoms with Crippen molar-refractivity contribution in [2.24, 2.45) is 0 Å². The molecular formula is C30H29N3O3. The van der Waals surface area contributed by atoms with Crippen LogP contribution in [-0.4, -0.2) is 34.9 Å². The van der Waals surface area contributed by atoms with Crippen molar-refractivity contribution in [3.8, 4) is 0 Å². The largest absolute Gasteiger partial charge is 0.452 e. The highest BCUT2D eigenvalue weighted by Crippen LogP contribution is 2.29. The highest BCUT2D eigenvalue weighted by molar-refractivity contribution is 6.06. The molecule has 1 aliphatic heterocycles. The number of pyridine rings is 1. The first-order chi connectivity index (χ1) is 17.5. The number of esters is 1. The van der Waals surface area contributed by atoms with Crippen LogP contribution in [0.25, 0.3) is 10.9 Å². The predicted molar refractivity (Wildman–Crippen MR) is 141 cm³/mol. The van der Waals surface area contributed by atoms with Crippen molar-refractivity contribution in [1.29, 1.82) is 0 Å². The summed E-state index contributed by atoms with van der Waals surface area (Å²) in [7, 11) is 0. The zero-order valence-corrected chi connectivity index (χ0v) is 20.6. The Morgan fingerprint density at radius 1 is 0.972 bits per heavy atom. The molecule has 0 bridgehead atoms. The van der Waals surface area contributed by atoms with E-state index in [0.717, 1.165) is 52.8 Å². The molecule has 6 heteroatoms. The van der Waals surface area contributed by atoms with Crippen LogP contribution in [0.1, 0.15) is 38.3 Å². The number of carbonyl (C=O) groups excluding carboxylic acids is 2. The number of nitrogens with one attached hydrogen (secondary N) is 1. The maximum atomic E-state index is 13.4. The van der Waals surface area contributed by atoms with E-state index in [4.69, 9.17) is 9.72 Å². The number of para-hydroxylation sites is 1. The van der Waals surface area contributed by atoms with Gasteiger partial charge in [0.1, 0.15) is 0 Å². The molecule has 182 valence electrons. The monoisotopic (exact) mass is 479 g/mol. The Kier molecular flexibility index (Phi) is 6.78. The van der Waals surface area contributed by atoms with Gasteiger partial charge in [0.2, 0.25) is 0 Å². The second kappa shape index (κ2) is 10.3. The molecule has 3 aromatic carbocycles. The van der Waals surface area contributed by atoms with Gasteiger partial charge in [-0.1, -0.05) is 54.6 Å². The second-order valence-corrected chi connectivity index (χ2v) is 9.38. The Morgan fingerprint density at radius 3 is 2.47 bits per heavy atom. The first kappa shape index (κ1) is 23.7. The number of aryl methyl sites for hydroxylation is 2. The number of hydrogen-bond acceptors (Lipinski definition) is 5. The van der Waals surface area contributed by atoms with Crippen molar-refractivity contribution >= 4 is 28.5 Å². The van der Waals surface area contributed by atoms with Gasteiger partial charge in [-0.3, -0.25) is 14.7 Å². The maximum Gasteiger partial charge on any atom is 0.339 e. The number of aromatic nitrogens is 1. The fraction of sp³-hybridized carbons (Fsp3) is 0.233. The minimum absolute atomic E-state index is 0.356. The van der Waals surface area contributed by atoms with E-state index >= 15 is 0 Å². The Labute approximate surface area is 210 Å². The van der Waals surface area contributed by atoms with Crippen LogP contribution < -0.4 is 5.32 Å². The molecule has 0 atom stereocenters. The molecule has 1 amide bonds. The van der Waals surface area contributed by atoms with E-state index in [0.29, 0.717) is 17.8 Å². The third kappa shape index (κ3) is 5.29. The second-order valence-electron chi connectivity index (χ2n) is 9.38. The molecule has 36 heavy (non-hydrogen) atoms. The van der Waals surface area contributed by atoms with Gasteiger partial charge in [0.15, 0.2) is 6.61 Å².